The second-order valence-electron chi connectivity index (χ2n) is 6.62. The lowest BCUT2D eigenvalue weighted by Crippen LogP contribution is -2.48. The minimum Gasteiger partial charge on any atom is -0.387 e. The molecule has 1 saturated heterocycles. The minimum atomic E-state index is -0.404. The van der Waals surface area contributed by atoms with E-state index in [9.17, 15) is 5.11 Å². The molecule has 24 heavy (non-hydrogen) atoms. The number of aliphatic hydroxyl groups is 1. The second-order valence-corrected chi connectivity index (χ2v) is 8.08. The molecule has 1 atom stereocenters. The summed E-state index contributed by atoms with van der Waals surface area (Å²) in [6, 6.07) is 4.12. The van der Waals surface area contributed by atoms with Crippen molar-refractivity contribution in [2.24, 2.45) is 0 Å². The summed E-state index contributed by atoms with van der Waals surface area (Å²) in [5, 5.41) is 10.5. The van der Waals surface area contributed by atoms with E-state index in [1.807, 2.05) is 19.9 Å². The Morgan fingerprint density at radius 1 is 1.04 bits per heavy atom. The van der Waals surface area contributed by atoms with E-state index in [1.165, 1.54) is 9.75 Å². The van der Waals surface area contributed by atoms with Crippen LogP contribution >= 0.6 is 11.3 Å². The van der Waals surface area contributed by atoms with Gasteiger partial charge in [0.15, 0.2) is 0 Å². The number of aryl methyl sites for hydroxylation is 4. The van der Waals surface area contributed by atoms with Crippen LogP contribution in [-0.2, 0) is 0 Å². The highest BCUT2D eigenvalue weighted by Crippen LogP contribution is 2.27. The second kappa shape index (κ2) is 7.17. The van der Waals surface area contributed by atoms with Gasteiger partial charge in [0.1, 0.15) is 0 Å². The Kier molecular flexibility index (Phi) is 5.18. The SMILES string of the molecule is Cc1cc(C)nc(N2CCN(CC(O)c3cc(C)sc3C)CC2)n1. The standard InChI is InChI=1S/C18H26N4OS/c1-12-9-13(2)20-18(19-12)22-7-5-21(6-8-22)11-17(23)16-10-14(3)24-15(16)4/h9-10,17,23H,5-8,11H2,1-4H3. The monoisotopic (exact) mass is 346 g/mol. The van der Waals surface area contributed by atoms with Crippen LogP contribution in [0.3, 0.4) is 0 Å². The summed E-state index contributed by atoms with van der Waals surface area (Å²) in [6.45, 7) is 12.5. The van der Waals surface area contributed by atoms with E-state index >= 15 is 0 Å². The smallest absolute Gasteiger partial charge is 0.225 e. The van der Waals surface area contributed by atoms with Gasteiger partial charge in [0, 0.05) is 53.9 Å². The Bertz CT molecular complexity index is 687. The predicted molar refractivity (Wildman–Crippen MR) is 98.9 cm³/mol. The third kappa shape index (κ3) is 3.94. The topological polar surface area (TPSA) is 52.5 Å². The van der Waals surface area contributed by atoms with Gasteiger partial charge >= 0.3 is 0 Å². The number of anilines is 1. The molecule has 3 rings (SSSR count). The molecule has 0 bridgehead atoms. The molecule has 3 heterocycles. The number of thiophene rings is 1. The van der Waals surface area contributed by atoms with Crippen LogP contribution in [0.25, 0.3) is 0 Å². The number of rotatable bonds is 4. The summed E-state index contributed by atoms with van der Waals surface area (Å²) in [5.74, 6) is 0.831. The first-order chi connectivity index (χ1) is 11.4. The lowest BCUT2D eigenvalue weighted by atomic mass is 10.1. The van der Waals surface area contributed by atoms with Crippen molar-refractivity contribution in [3.8, 4) is 0 Å². The molecule has 1 fully saturated rings. The Morgan fingerprint density at radius 2 is 1.67 bits per heavy atom. The normalized spacial score (nSPS) is 17.3. The van der Waals surface area contributed by atoms with E-state index in [-0.39, 0.29) is 0 Å². The van der Waals surface area contributed by atoms with Gasteiger partial charge < -0.3 is 10.0 Å². The van der Waals surface area contributed by atoms with E-state index in [4.69, 9.17) is 0 Å². The highest BCUT2D eigenvalue weighted by atomic mass is 32.1. The third-order valence-electron chi connectivity index (χ3n) is 4.50. The zero-order valence-corrected chi connectivity index (χ0v) is 15.7. The molecule has 0 spiro atoms. The van der Waals surface area contributed by atoms with Crippen molar-refractivity contribution >= 4 is 17.3 Å². The molecule has 1 aliphatic rings. The number of β-amino-alcohol motifs (C(OH)–C–C–N with tert-alkyl or cyclic N) is 1. The van der Waals surface area contributed by atoms with Crippen LogP contribution in [0.4, 0.5) is 5.95 Å². The van der Waals surface area contributed by atoms with Crippen molar-refractivity contribution < 1.29 is 5.11 Å². The first-order valence-corrected chi connectivity index (χ1v) is 9.28. The molecule has 1 unspecified atom stereocenters. The molecular weight excluding hydrogens is 320 g/mol. The summed E-state index contributed by atoms with van der Waals surface area (Å²) in [6.07, 6.45) is -0.404. The average molecular weight is 347 g/mol. The molecule has 0 saturated carbocycles. The summed E-state index contributed by atoms with van der Waals surface area (Å²) in [5.41, 5.74) is 3.11. The highest BCUT2D eigenvalue weighted by molar-refractivity contribution is 7.12. The quantitative estimate of drug-likeness (QED) is 0.922. The zero-order valence-electron chi connectivity index (χ0n) is 14.9. The third-order valence-corrected chi connectivity index (χ3v) is 5.48. The molecule has 0 radical (unpaired) electrons. The van der Waals surface area contributed by atoms with Crippen molar-refractivity contribution in [3.63, 3.8) is 0 Å². The maximum Gasteiger partial charge on any atom is 0.225 e. The summed E-state index contributed by atoms with van der Waals surface area (Å²) >= 11 is 1.76. The van der Waals surface area contributed by atoms with Gasteiger partial charge in [-0.15, -0.1) is 11.3 Å². The minimum absolute atomic E-state index is 0.404. The Hall–Kier alpha value is -1.50. The van der Waals surface area contributed by atoms with Gasteiger partial charge in [-0.3, -0.25) is 4.90 Å². The first kappa shape index (κ1) is 17.3. The molecule has 5 nitrogen and oxygen atoms in total. The van der Waals surface area contributed by atoms with Crippen LogP contribution in [0.5, 0.6) is 0 Å². The van der Waals surface area contributed by atoms with Crippen molar-refractivity contribution in [3.05, 3.63) is 38.8 Å². The molecule has 1 aliphatic heterocycles. The van der Waals surface area contributed by atoms with Crippen LogP contribution in [-0.4, -0.2) is 52.7 Å². The summed E-state index contributed by atoms with van der Waals surface area (Å²) in [7, 11) is 0. The van der Waals surface area contributed by atoms with Crippen molar-refractivity contribution in [2.75, 3.05) is 37.6 Å². The maximum atomic E-state index is 10.5. The van der Waals surface area contributed by atoms with Gasteiger partial charge in [-0.1, -0.05) is 0 Å². The van der Waals surface area contributed by atoms with Gasteiger partial charge in [0.25, 0.3) is 0 Å². The van der Waals surface area contributed by atoms with E-state index in [1.54, 1.807) is 11.3 Å². The highest BCUT2D eigenvalue weighted by Gasteiger charge is 2.22. The summed E-state index contributed by atoms with van der Waals surface area (Å²) < 4.78 is 0. The number of nitrogens with zero attached hydrogens (tertiary/aromatic N) is 4. The fraction of sp³-hybridized carbons (Fsp3) is 0.556. The predicted octanol–water partition coefficient (Wildman–Crippen LogP) is 2.63. The van der Waals surface area contributed by atoms with Crippen LogP contribution in [0.1, 0.15) is 32.8 Å². The van der Waals surface area contributed by atoms with E-state index in [0.717, 1.165) is 49.1 Å². The number of hydrogen-bond acceptors (Lipinski definition) is 6. The Labute approximate surface area is 148 Å². The molecule has 2 aromatic rings. The van der Waals surface area contributed by atoms with Crippen molar-refractivity contribution in [1.29, 1.82) is 0 Å². The molecule has 0 amide bonds. The van der Waals surface area contributed by atoms with Crippen LogP contribution in [0, 0.1) is 27.7 Å². The molecule has 2 aromatic heterocycles. The van der Waals surface area contributed by atoms with Gasteiger partial charge in [-0.2, -0.15) is 0 Å². The van der Waals surface area contributed by atoms with Crippen LogP contribution in [0.2, 0.25) is 0 Å². The largest absolute Gasteiger partial charge is 0.387 e. The van der Waals surface area contributed by atoms with Crippen LogP contribution in [0.15, 0.2) is 12.1 Å². The lowest BCUT2D eigenvalue weighted by Gasteiger charge is -2.35. The molecule has 6 heteroatoms. The Morgan fingerprint density at radius 3 is 2.21 bits per heavy atom. The number of aliphatic hydroxyl groups excluding tert-OH is 1. The Balaban J connectivity index is 1.58. The lowest BCUT2D eigenvalue weighted by molar-refractivity contribution is 0.109. The zero-order chi connectivity index (χ0) is 17.3. The van der Waals surface area contributed by atoms with E-state index in [2.05, 4.69) is 39.7 Å². The van der Waals surface area contributed by atoms with E-state index < -0.39 is 6.10 Å². The van der Waals surface area contributed by atoms with Gasteiger partial charge in [-0.05, 0) is 45.4 Å². The molecule has 1 N–H and O–H groups in total. The van der Waals surface area contributed by atoms with Crippen molar-refractivity contribution in [2.45, 2.75) is 33.8 Å². The van der Waals surface area contributed by atoms with Gasteiger partial charge in [-0.25, -0.2) is 9.97 Å². The number of piperazine rings is 1. The fourth-order valence-corrected chi connectivity index (χ4v) is 4.29. The maximum absolute atomic E-state index is 10.5. The molecule has 0 aliphatic carbocycles. The number of aromatic nitrogens is 2. The average Bonchev–Trinajstić information content (AvgIpc) is 2.86. The van der Waals surface area contributed by atoms with E-state index in [0.29, 0.717) is 6.54 Å². The van der Waals surface area contributed by atoms with Gasteiger partial charge in [0.2, 0.25) is 5.95 Å². The summed E-state index contributed by atoms with van der Waals surface area (Å²) in [4.78, 5) is 16.2. The molecule has 130 valence electrons. The van der Waals surface area contributed by atoms with Crippen molar-refractivity contribution in [1.82, 2.24) is 14.9 Å². The first-order valence-electron chi connectivity index (χ1n) is 8.47. The van der Waals surface area contributed by atoms with Crippen LogP contribution < -0.4 is 4.90 Å². The fourth-order valence-electron chi connectivity index (χ4n) is 3.30. The number of hydrogen-bond donors (Lipinski definition) is 1. The molecule has 0 aromatic carbocycles. The molecular formula is C18H26N4OS. The van der Waals surface area contributed by atoms with Gasteiger partial charge in [0.05, 0.1) is 6.10 Å².